The van der Waals surface area contributed by atoms with E-state index in [-0.39, 0.29) is 6.54 Å². The number of benzene rings is 1. The van der Waals surface area contributed by atoms with Gasteiger partial charge in [0.15, 0.2) is 6.10 Å². The molecule has 0 radical (unpaired) electrons. The van der Waals surface area contributed by atoms with Crippen LogP contribution in [0, 0.1) is 0 Å². The average molecular weight is 426 g/mol. The molecule has 2 fully saturated rings. The van der Waals surface area contributed by atoms with Crippen LogP contribution in [0.2, 0.25) is 0 Å². The standard InChI is InChI=1S/C19H27N3O6S/c1-14(28-19(24)17-4-3-9-22(17)29(2,25)26)18(23)20-15-5-7-16(8-6-15)21-10-12-27-13-11-21/h5-8,14,17H,3-4,9-13H2,1-2H3,(H,20,23)/t14-,17-/m0/s1. The van der Waals surface area contributed by atoms with E-state index in [4.69, 9.17) is 9.47 Å². The van der Waals surface area contributed by atoms with E-state index < -0.39 is 34.0 Å². The van der Waals surface area contributed by atoms with Gasteiger partial charge in [0.1, 0.15) is 6.04 Å². The zero-order chi connectivity index (χ0) is 21.0. The smallest absolute Gasteiger partial charge is 0.325 e. The summed E-state index contributed by atoms with van der Waals surface area (Å²) in [5.41, 5.74) is 1.64. The molecule has 29 heavy (non-hydrogen) atoms. The van der Waals surface area contributed by atoms with Gasteiger partial charge in [0.05, 0.1) is 19.5 Å². The van der Waals surface area contributed by atoms with Gasteiger partial charge in [-0.1, -0.05) is 0 Å². The van der Waals surface area contributed by atoms with Gasteiger partial charge in [0.25, 0.3) is 5.91 Å². The molecule has 2 saturated heterocycles. The molecule has 9 nitrogen and oxygen atoms in total. The largest absolute Gasteiger partial charge is 0.451 e. The molecule has 2 aliphatic rings. The number of nitrogens with one attached hydrogen (secondary N) is 1. The Hall–Kier alpha value is -2.17. The predicted octanol–water partition coefficient (Wildman–Crippen LogP) is 0.817. The third-order valence-corrected chi connectivity index (χ3v) is 6.36. The van der Waals surface area contributed by atoms with Crippen molar-refractivity contribution in [1.82, 2.24) is 4.31 Å². The minimum atomic E-state index is -3.49. The molecule has 0 unspecified atom stereocenters. The summed E-state index contributed by atoms with van der Waals surface area (Å²) in [6, 6.07) is 6.55. The third kappa shape index (κ3) is 5.46. The number of carbonyl (C=O) groups is 2. The van der Waals surface area contributed by atoms with E-state index >= 15 is 0 Å². The van der Waals surface area contributed by atoms with E-state index in [9.17, 15) is 18.0 Å². The first-order chi connectivity index (χ1) is 13.8. The van der Waals surface area contributed by atoms with Crippen molar-refractivity contribution in [2.75, 3.05) is 49.3 Å². The van der Waals surface area contributed by atoms with Gasteiger partial charge in [-0.25, -0.2) is 8.42 Å². The van der Waals surface area contributed by atoms with Gasteiger partial charge >= 0.3 is 5.97 Å². The van der Waals surface area contributed by atoms with E-state index in [2.05, 4.69) is 10.2 Å². The summed E-state index contributed by atoms with van der Waals surface area (Å²) in [5, 5.41) is 2.72. The van der Waals surface area contributed by atoms with Gasteiger partial charge in [-0.2, -0.15) is 4.31 Å². The lowest BCUT2D eigenvalue weighted by atomic mass is 10.2. The molecule has 2 atom stereocenters. The van der Waals surface area contributed by atoms with Gasteiger partial charge in [-0.15, -0.1) is 0 Å². The van der Waals surface area contributed by atoms with E-state index in [1.165, 1.54) is 6.92 Å². The van der Waals surface area contributed by atoms with Crippen LogP contribution in [0.25, 0.3) is 0 Å². The monoisotopic (exact) mass is 425 g/mol. The maximum absolute atomic E-state index is 12.4. The minimum absolute atomic E-state index is 0.286. The second kappa shape index (κ2) is 9.10. The van der Waals surface area contributed by atoms with Crippen molar-refractivity contribution in [1.29, 1.82) is 0 Å². The molecule has 1 N–H and O–H groups in total. The number of rotatable bonds is 6. The summed E-state index contributed by atoms with van der Waals surface area (Å²) in [4.78, 5) is 26.9. The lowest BCUT2D eigenvalue weighted by Gasteiger charge is -2.29. The molecular formula is C19H27N3O6S. The lowest BCUT2D eigenvalue weighted by Crippen LogP contribution is -2.43. The quantitative estimate of drug-likeness (QED) is 0.673. The van der Waals surface area contributed by atoms with Crippen molar-refractivity contribution in [3.05, 3.63) is 24.3 Å². The third-order valence-electron chi connectivity index (χ3n) is 5.07. The van der Waals surface area contributed by atoms with Crippen molar-refractivity contribution < 1.29 is 27.5 Å². The SMILES string of the molecule is C[C@H](OC(=O)[C@@H]1CCCN1S(C)(=O)=O)C(=O)Nc1ccc(N2CCOCC2)cc1. The molecule has 0 aromatic heterocycles. The Balaban J connectivity index is 1.54. The second-order valence-electron chi connectivity index (χ2n) is 7.25. The van der Waals surface area contributed by atoms with Gasteiger partial charge < -0.3 is 19.7 Å². The van der Waals surface area contributed by atoms with Crippen molar-refractivity contribution in [3.63, 3.8) is 0 Å². The van der Waals surface area contributed by atoms with Crippen LogP contribution in [0.4, 0.5) is 11.4 Å². The summed E-state index contributed by atoms with van der Waals surface area (Å²) in [6.07, 6.45) is 1.00. The van der Waals surface area contributed by atoms with Crippen LogP contribution >= 0.6 is 0 Å². The minimum Gasteiger partial charge on any atom is -0.451 e. The Kier molecular flexibility index (Phi) is 6.76. The molecule has 0 saturated carbocycles. The van der Waals surface area contributed by atoms with E-state index in [1.807, 2.05) is 12.1 Å². The molecule has 1 amide bonds. The van der Waals surface area contributed by atoms with Crippen molar-refractivity contribution in [2.24, 2.45) is 0 Å². The first kappa shape index (κ1) is 21.5. The number of ether oxygens (including phenoxy) is 2. The van der Waals surface area contributed by atoms with Crippen LogP contribution in [0.3, 0.4) is 0 Å². The number of esters is 1. The molecular weight excluding hydrogens is 398 g/mol. The maximum Gasteiger partial charge on any atom is 0.325 e. The van der Waals surface area contributed by atoms with Crippen LogP contribution in [-0.4, -0.2) is 75.8 Å². The Bertz CT molecular complexity index is 836. The number of hydrogen-bond donors (Lipinski definition) is 1. The molecule has 3 rings (SSSR count). The van der Waals surface area contributed by atoms with Crippen molar-refractivity contribution >= 4 is 33.3 Å². The van der Waals surface area contributed by atoms with Crippen LogP contribution in [0.15, 0.2) is 24.3 Å². The highest BCUT2D eigenvalue weighted by atomic mass is 32.2. The van der Waals surface area contributed by atoms with E-state index in [0.717, 1.165) is 29.3 Å². The number of hydrogen-bond acceptors (Lipinski definition) is 7. The average Bonchev–Trinajstić information content (AvgIpc) is 3.20. The molecule has 2 heterocycles. The van der Waals surface area contributed by atoms with Crippen LogP contribution in [0.1, 0.15) is 19.8 Å². The highest BCUT2D eigenvalue weighted by Gasteiger charge is 2.38. The van der Waals surface area contributed by atoms with Gasteiger partial charge in [0.2, 0.25) is 10.0 Å². The molecule has 10 heteroatoms. The number of amides is 1. The molecule has 0 bridgehead atoms. The van der Waals surface area contributed by atoms with Crippen LogP contribution in [-0.2, 0) is 29.1 Å². The number of sulfonamides is 1. The Morgan fingerprint density at radius 1 is 1.17 bits per heavy atom. The first-order valence-corrected chi connectivity index (χ1v) is 11.5. The number of nitrogens with zero attached hydrogens (tertiary/aromatic N) is 2. The number of carbonyl (C=O) groups excluding carboxylic acids is 2. The van der Waals surface area contributed by atoms with Crippen molar-refractivity contribution in [3.8, 4) is 0 Å². The number of anilines is 2. The maximum atomic E-state index is 12.4. The topological polar surface area (TPSA) is 105 Å². The normalized spacial score (nSPS) is 21.6. The van der Waals surface area contributed by atoms with Gasteiger partial charge in [-0.3, -0.25) is 9.59 Å². The fraction of sp³-hybridized carbons (Fsp3) is 0.579. The zero-order valence-corrected chi connectivity index (χ0v) is 17.5. The van der Waals surface area contributed by atoms with Crippen LogP contribution < -0.4 is 10.2 Å². The first-order valence-electron chi connectivity index (χ1n) is 9.66. The molecule has 1 aromatic rings. The van der Waals surface area contributed by atoms with Crippen molar-refractivity contribution in [2.45, 2.75) is 31.9 Å². The van der Waals surface area contributed by atoms with Crippen LogP contribution in [0.5, 0.6) is 0 Å². The highest BCUT2D eigenvalue weighted by Crippen LogP contribution is 2.22. The lowest BCUT2D eigenvalue weighted by molar-refractivity contribution is -0.156. The Morgan fingerprint density at radius 2 is 1.83 bits per heavy atom. The Morgan fingerprint density at radius 3 is 2.45 bits per heavy atom. The molecule has 160 valence electrons. The summed E-state index contributed by atoms with van der Waals surface area (Å²) < 4.78 is 35.3. The predicted molar refractivity (Wildman–Crippen MR) is 108 cm³/mol. The number of morpholine rings is 1. The molecule has 0 spiro atoms. The summed E-state index contributed by atoms with van der Waals surface area (Å²) >= 11 is 0. The van der Waals surface area contributed by atoms with Gasteiger partial charge in [-0.05, 0) is 44.0 Å². The molecule has 0 aliphatic carbocycles. The fourth-order valence-electron chi connectivity index (χ4n) is 3.50. The zero-order valence-electron chi connectivity index (χ0n) is 16.7. The fourth-order valence-corrected chi connectivity index (χ4v) is 4.61. The van der Waals surface area contributed by atoms with E-state index in [1.54, 1.807) is 12.1 Å². The molecule has 1 aromatic carbocycles. The highest BCUT2D eigenvalue weighted by molar-refractivity contribution is 7.88. The summed E-state index contributed by atoms with van der Waals surface area (Å²) in [5.74, 6) is -1.17. The summed E-state index contributed by atoms with van der Waals surface area (Å²) in [6.45, 7) is 4.79. The second-order valence-corrected chi connectivity index (χ2v) is 9.18. The summed E-state index contributed by atoms with van der Waals surface area (Å²) in [7, 11) is -3.49. The van der Waals surface area contributed by atoms with E-state index in [0.29, 0.717) is 31.7 Å². The molecule has 2 aliphatic heterocycles. The Labute approximate surface area is 171 Å². The van der Waals surface area contributed by atoms with Gasteiger partial charge in [0, 0.05) is 31.0 Å².